The van der Waals surface area contributed by atoms with E-state index in [2.05, 4.69) is 11.1 Å². The van der Waals surface area contributed by atoms with Gasteiger partial charge in [0.2, 0.25) is 0 Å². The van der Waals surface area contributed by atoms with E-state index in [4.69, 9.17) is 10.00 Å². The predicted molar refractivity (Wildman–Crippen MR) is 54.0 cm³/mol. The van der Waals surface area contributed by atoms with Crippen LogP contribution in [-0.4, -0.2) is 26.2 Å². The zero-order chi connectivity index (χ0) is 10.6. The molecule has 0 atom stereocenters. The molecule has 0 unspecified atom stereocenters. The second kappa shape index (κ2) is 4.58. The maximum atomic E-state index is 8.84. The summed E-state index contributed by atoms with van der Waals surface area (Å²) >= 11 is 0. The Morgan fingerprint density at radius 2 is 2.29 bits per heavy atom. The van der Waals surface area contributed by atoms with Crippen LogP contribution in [0.4, 0.5) is 5.69 Å². The molecule has 0 aliphatic carbocycles. The summed E-state index contributed by atoms with van der Waals surface area (Å²) in [5.41, 5.74) is 2.28. The first-order chi connectivity index (χ1) is 6.69. The summed E-state index contributed by atoms with van der Waals surface area (Å²) in [4.78, 5) is 6.00. The minimum atomic E-state index is 0.465. The van der Waals surface area contributed by atoms with Crippen molar-refractivity contribution in [1.29, 1.82) is 5.26 Å². The van der Waals surface area contributed by atoms with Gasteiger partial charge in [0.05, 0.1) is 23.6 Å². The molecule has 1 aromatic heterocycles. The SMILES string of the molecule is COCc1cc(N(C)C)c(C#N)cn1. The lowest BCUT2D eigenvalue weighted by Gasteiger charge is -2.14. The number of anilines is 1. The van der Waals surface area contributed by atoms with Crippen molar-refractivity contribution in [3.63, 3.8) is 0 Å². The van der Waals surface area contributed by atoms with E-state index in [-0.39, 0.29) is 0 Å². The van der Waals surface area contributed by atoms with Crippen LogP contribution in [0, 0.1) is 11.3 Å². The highest BCUT2D eigenvalue weighted by atomic mass is 16.5. The van der Waals surface area contributed by atoms with Crippen molar-refractivity contribution in [2.24, 2.45) is 0 Å². The van der Waals surface area contributed by atoms with Crippen LogP contribution in [0.2, 0.25) is 0 Å². The molecular formula is C10H13N3O. The lowest BCUT2D eigenvalue weighted by atomic mass is 10.2. The Hall–Kier alpha value is -1.60. The van der Waals surface area contributed by atoms with E-state index >= 15 is 0 Å². The van der Waals surface area contributed by atoms with Crippen molar-refractivity contribution in [2.45, 2.75) is 6.61 Å². The Labute approximate surface area is 83.7 Å². The molecule has 14 heavy (non-hydrogen) atoms. The van der Waals surface area contributed by atoms with Crippen LogP contribution in [0.25, 0.3) is 0 Å². The number of nitriles is 1. The van der Waals surface area contributed by atoms with E-state index in [1.54, 1.807) is 13.3 Å². The fraction of sp³-hybridized carbons (Fsp3) is 0.400. The van der Waals surface area contributed by atoms with Gasteiger partial charge in [-0.1, -0.05) is 0 Å². The highest BCUT2D eigenvalue weighted by Gasteiger charge is 2.06. The quantitative estimate of drug-likeness (QED) is 0.719. The van der Waals surface area contributed by atoms with Gasteiger partial charge in [-0.3, -0.25) is 4.98 Å². The van der Waals surface area contributed by atoms with Crippen LogP contribution in [0.5, 0.6) is 0 Å². The van der Waals surface area contributed by atoms with Crippen LogP contribution < -0.4 is 4.90 Å². The van der Waals surface area contributed by atoms with Gasteiger partial charge >= 0.3 is 0 Å². The second-order valence-electron chi connectivity index (χ2n) is 3.13. The zero-order valence-electron chi connectivity index (χ0n) is 8.61. The van der Waals surface area contributed by atoms with Gasteiger partial charge in [-0.05, 0) is 6.07 Å². The summed E-state index contributed by atoms with van der Waals surface area (Å²) < 4.78 is 4.97. The van der Waals surface area contributed by atoms with E-state index in [1.165, 1.54) is 0 Å². The molecule has 0 fully saturated rings. The molecule has 1 aromatic rings. The van der Waals surface area contributed by atoms with Crippen molar-refractivity contribution in [1.82, 2.24) is 4.98 Å². The van der Waals surface area contributed by atoms with Crippen molar-refractivity contribution >= 4 is 5.69 Å². The second-order valence-corrected chi connectivity index (χ2v) is 3.13. The Morgan fingerprint density at radius 3 is 2.79 bits per heavy atom. The molecular weight excluding hydrogens is 178 g/mol. The van der Waals surface area contributed by atoms with Gasteiger partial charge in [0.1, 0.15) is 6.07 Å². The maximum Gasteiger partial charge on any atom is 0.103 e. The first-order valence-corrected chi connectivity index (χ1v) is 4.24. The highest BCUT2D eigenvalue weighted by Crippen LogP contribution is 2.17. The summed E-state index contributed by atoms with van der Waals surface area (Å²) in [6, 6.07) is 3.96. The molecule has 0 aliphatic rings. The summed E-state index contributed by atoms with van der Waals surface area (Å²) in [6.07, 6.45) is 1.57. The van der Waals surface area contributed by atoms with Crippen molar-refractivity contribution in [3.8, 4) is 6.07 Å². The van der Waals surface area contributed by atoms with Crippen molar-refractivity contribution in [3.05, 3.63) is 23.5 Å². The maximum absolute atomic E-state index is 8.84. The largest absolute Gasteiger partial charge is 0.378 e. The predicted octanol–water partition coefficient (Wildman–Crippen LogP) is 1.17. The smallest absolute Gasteiger partial charge is 0.103 e. The molecule has 0 amide bonds. The number of rotatable bonds is 3. The lowest BCUT2D eigenvalue weighted by Crippen LogP contribution is -2.11. The number of ether oxygens (including phenoxy) is 1. The molecule has 0 radical (unpaired) electrons. The summed E-state index contributed by atoms with van der Waals surface area (Å²) in [7, 11) is 5.41. The first kappa shape index (κ1) is 10.5. The summed E-state index contributed by atoms with van der Waals surface area (Å²) in [5.74, 6) is 0. The monoisotopic (exact) mass is 191 g/mol. The molecule has 74 valence electrons. The Morgan fingerprint density at radius 1 is 1.57 bits per heavy atom. The van der Waals surface area contributed by atoms with Crippen LogP contribution in [0.15, 0.2) is 12.3 Å². The zero-order valence-corrected chi connectivity index (χ0v) is 8.61. The third-order valence-corrected chi connectivity index (χ3v) is 1.83. The fourth-order valence-corrected chi connectivity index (χ4v) is 1.17. The first-order valence-electron chi connectivity index (χ1n) is 4.24. The van der Waals surface area contributed by atoms with Crippen LogP contribution in [0.3, 0.4) is 0 Å². The van der Waals surface area contributed by atoms with Crippen LogP contribution in [-0.2, 0) is 11.3 Å². The minimum absolute atomic E-state index is 0.465. The standard InChI is InChI=1S/C10H13N3O/c1-13(2)10-4-9(7-14-3)12-6-8(10)5-11/h4,6H,7H2,1-3H3. The minimum Gasteiger partial charge on any atom is -0.378 e. The topological polar surface area (TPSA) is 49.1 Å². The Balaban J connectivity index is 3.09. The van der Waals surface area contributed by atoms with E-state index in [9.17, 15) is 0 Å². The molecule has 0 spiro atoms. The van der Waals surface area contributed by atoms with Gasteiger partial charge in [0.15, 0.2) is 0 Å². The third kappa shape index (κ3) is 2.21. The Bertz CT molecular complexity index is 355. The molecule has 4 nitrogen and oxygen atoms in total. The number of hydrogen-bond donors (Lipinski definition) is 0. The van der Waals surface area contributed by atoms with E-state index in [1.807, 2.05) is 25.1 Å². The van der Waals surface area contributed by atoms with Gasteiger partial charge in [-0.2, -0.15) is 5.26 Å². The lowest BCUT2D eigenvalue weighted by molar-refractivity contribution is 0.181. The molecule has 1 heterocycles. The van der Waals surface area contributed by atoms with E-state index in [0.29, 0.717) is 12.2 Å². The molecule has 0 N–H and O–H groups in total. The fourth-order valence-electron chi connectivity index (χ4n) is 1.17. The number of aromatic nitrogens is 1. The average molecular weight is 191 g/mol. The van der Waals surface area contributed by atoms with Gasteiger partial charge in [-0.15, -0.1) is 0 Å². The molecule has 0 saturated carbocycles. The van der Waals surface area contributed by atoms with Gasteiger partial charge in [-0.25, -0.2) is 0 Å². The summed E-state index contributed by atoms with van der Waals surface area (Å²) in [6.45, 7) is 0.465. The molecule has 0 aliphatic heterocycles. The normalized spacial score (nSPS) is 9.57. The van der Waals surface area contributed by atoms with Crippen LogP contribution in [0.1, 0.15) is 11.3 Å². The number of pyridine rings is 1. The molecule has 0 aromatic carbocycles. The van der Waals surface area contributed by atoms with Crippen molar-refractivity contribution in [2.75, 3.05) is 26.1 Å². The van der Waals surface area contributed by atoms with Gasteiger partial charge in [0.25, 0.3) is 0 Å². The van der Waals surface area contributed by atoms with Gasteiger partial charge in [0, 0.05) is 27.4 Å². The van der Waals surface area contributed by atoms with Crippen LogP contribution >= 0.6 is 0 Å². The number of nitrogens with zero attached hydrogens (tertiary/aromatic N) is 3. The third-order valence-electron chi connectivity index (χ3n) is 1.83. The highest BCUT2D eigenvalue weighted by molar-refractivity contribution is 5.57. The van der Waals surface area contributed by atoms with Crippen molar-refractivity contribution < 1.29 is 4.74 Å². The number of hydrogen-bond acceptors (Lipinski definition) is 4. The molecule has 4 heteroatoms. The molecule has 1 rings (SSSR count). The van der Waals surface area contributed by atoms with Gasteiger partial charge < -0.3 is 9.64 Å². The Kier molecular flexibility index (Phi) is 3.43. The number of methoxy groups -OCH3 is 1. The summed E-state index contributed by atoms with van der Waals surface area (Å²) in [5, 5.41) is 8.84. The average Bonchev–Trinajstić information content (AvgIpc) is 2.18. The van der Waals surface area contributed by atoms with E-state index in [0.717, 1.165) is 11.4 Å². The molecule has 0 bridgehead atoms. The molecule has 0 saturated heterocycles. The van der Waals surface area contributed by atoms with E-state index < -0.39 is 0 Å².